The van der Waals surface area contributed by atoms with Crippen LogP contribution in [0.3, 0.4) is 0 Å². The lowest BCUT2D eigenvalue weighted by Gasteiger charge is -2.34. The van der Waals surface area contributed by atoms with Gasteiger partial charge < -0.3 is 14.7 Å². The van der Waals surface area contributed by atoms with E-state index in [9.17, 15) is 14.4 Å². The Morgan fingerprint density at radius 3 is 2.30 bits per heavy atom. The minimum absolute atomic E-state index is 0.0136. The van der Waals surface area contributed by atoms with Crippen LogP contribution in [0, 0.1) is 5.92 Å². The van der Waals surface area contributed by atoms with Crippen molar-refractivity contribution in [1.29, 1.82) is 0 Å². The maximum atomic E-state index is 12.7. The summed E-state index contributed by atoms with van der Waals surface area (Å²) < 4.78 is 0. The molecule has 0 aliphatic carbocycles. The van der Waals surface area contributed by atoms with Crippen molar-refractivity contribution in [3.63, 3.8) is 0 Å². The average Bonchev–Trinajstić information content (AvgIpc) is 2.68. The van der Waals surface area contributed by atoms with Crippen LogP contribution >= 0.6 is 0 Å². The fraction of sp³-hybridized carbons (Fsp3) is 0.632. The van der Waals surface area contributed by atoms with Crippen LogP contribution in [0.4, 0.5) is 0 Å². The molecule has 0 N–H and O–H groups in total. The van der Waals surface area contributed by atoms with Gasteiger partial charge in [-0.25, -0.2) is 4.98 Å². The van der Waals surface area contributed by atoms with E-state index in [2.05, 4.69) is 23.8 Å². The Morgan fingerprint density at radius 1 is 1.07 bits per heavy atom. The van der Waals surface area contributed by atoms with Crippen molar-refractivity contribution < 1.29 is 14.4 Å². The third-order valence-electron chi connectivity index (χ3n) is 4.72. The summed E-state index contributed by atoms with van der Waals surface area (Å²) in [6.07, 6.45) is 5.60. The molecule has 1 aromatic rings. The van der Waals surface area contributed by atoms with Crippen molar-refractivity contribution in [2.45, 2.75) is 33.6 Å². The summed E-state index contributed by atoms with van der Waals surface area (Å²) in [7, 11) is 0. The third kappa shape index (κ3) is 6.30. The minimum Gasteiger partial charge on any atom is -0.339 e. The van der Waals surface area contributed by atoms with Gasteiger partial charge in [0.2, 0.25) is 11.8 Å². The second-order valence-electron chi connectivity index (χ2n) is 7.20. The van der Waals surface area contributed by atoms with E-state index in [1.807, 2.05) is 0 Å². The molecule has 1 saturated heterocycles. The monoisotopic (exact) mass is 375 g/mol. The van der Waals surface area contributed by atoms with Crippen molar-refractivity contribution in [2.24, 2.45) is 5.92 Å². The quantitative estimate of drug-likeness (QED) is 0.711. The van der Waals surface area contributed by atoms with Crippen molar-refractivity contribution in [1.82, 2.24) is 24.7 Å². The smallest absolute Gasteiger partial charge is 0.274 e. The van der Waals surface area contributed by atoms with E-state index in [0.29, 0.717) is 50.9 Å². The number of carbonyl (C=O) groups is 3. The first-order valence-corrected chi connectivity index (χ1v) is 9.47. The molecule has 2 rings (SSSR count). The van der Waals surface area contributed by atoms with Gasteiger partial charge in [0, 0.05) is 65.0 Å². The molecule has 0 saturated carbocycles. The summed E-state index contributed by atoms with van der Waals surface area (Å²) in [6, 6.07) is 0. The van der Waals surface area contributed by atoms with Crippen molar-refractivity contribution in [2.75, 3.05) is 39.3 Å². The molecule has 27 heavy (non-hydrogen) atoms. The molecule has 3 amide bonds. The fourth-order valence-corrected chi connectivity index (χ4v) is 2.96. The lowest BCUT2D eigenvalue weighted by Crippen LogP contribution is -2.50. The first-order chi connectivity index (χ1) is 12.9. The van der Waals surface area contributed by atoms with Crippen LogP contribution in [0.15, 0.2) is 18.6 Å². The standard InChI is InChI=1S/C19H29N5O3/c1-15(2)4-8-24(19(27)17-14-20-6-7-21-17)9-5-18(26)23-12-10-22(11-13-23)16(3)25/h6-7,14-15H,4-5,8-13H2,1-3H3. The molecule has 148 valence electrons. The van der Waals surface area contributed by atoms with E-state index in [1.54, 1.807) is 21.6 Å². The lowest BCUT2D eigenvalue weighted by molar-refractivity contribution is -0.138. The van der Waals surface area contributed by atoms with Gasteiger partial charge in [-0.1, -0.05) is 13.8 Å². The Morgan fingerprint density at radius 2 is 1.74 bits per heavy atom. The Kier molecular flexibility index (Phi) is 7.69. The highest BCUT2D eigenvalue weighted by atomic mass is 16.2. The molecule has 1 fully saturated rings. The number of hydrogen-bond donors (Lipinski definition) is 0. The lowest BCUT2D eigenvalue weighted by atomic mass is 10.1. The van der Waals surface area contributed by atoms with Crippen LogP contribution < -0.4 is 0 Å². The molecule has 1 aliphatic rings. The number of piperazine rings is 1. The predicted molar refractivity (Wildman–Crippen MR) is 101 cm³/mol. The number of aromatic nitrogens is 2. The molecule has 8 nitrogen and oxygen atoms in total. The molecule has 1 aliphatic heterocycles. The minimum atomic E-state index is -0.196. The zero-order valence-electron chi connectivity index (χ0n) is 16.4. The van der Waals surface area contributed by atoms with Gasteiger partial charge in [-0.3, -0.25) is 19.4 Å². The Balaban J connectivity index is 1.92. The molecule has 1 aromatic heterocycles. The third-order valence-corrected chi connectivity index (χ3v) is 4.72. The van der Waals surface area contributed by atoms with Gasteiger partial charge in [0.05, 0.1) is 6.20 Å². The molecule has 0 aromatic carbocycles. The van der Waals surface area contributed by atoms with Crippen LogP contribution in [0.5, 0.6) is 0 Å². The van der Waals surface area contributed by atoms with Crippen LogP contribution in [-0.4, -0.2) is 81.7 Å². The molecule has 0 bridgehead atoms. The van der Waals surface area contributed by atoms with E-state index in [1.165, 1.54) is 18.6 Å². The van der Waals surface area contributed by atoms with Crippen LogP contribution in [0.2, 0.25) is 0 Å². The van der Waals surface area contributed by atoms with Crippen molar-refractivity contribution in [3.8, 4) is 0 Å². The summed E-state index contributed by atoms with van der Waals surface area (Å²) in [5.41, 5.74) is 0.295. The van der Waals surface area contributed by atoms with E-state index >= 15 is 0 Å². The van der Waals surface area contributed by atoms with Crippen LogP contribution in [0.25, 0.3) is 0 Å². The summed E-state index contributed by atoms with van der Waals surface area (Å²) in [5.74, 6) is 0.312. The first-order valence-electron chi connectivity index (χ1n) is 9.47. The fourth-order valence-electron chi connectivity index (χ4n) is 2.96. The van der Waals surface area contributed by atoms with Gasteiger partial charge in [-0.15, -0.1) is 0 Å². The molecule has 0 spiro atoms. The highest BCUT2D eigenvalue weighted by molar-refractivity contribution is 5.92. The number of nitrogens with zero attached hydrogens (tertiary/aromatic N) is 5. The maximum absolute atomic E-state index is 12.7. The molecule has 0 radical (unpaired) electrons. The highest BCUT2D eigenvalue weighted by Gasteiger charge is 2.24. The highest BCUT2D eigenvalue weighted by Crippen LogP contribution is 2.09. The predicted octanol–water partition coefficient (Wildman–Crippen LogP) is 1.05. The second kappa shape index (κ2) is 9.99. The van der Waals surface area contributed by atoms with Gasteiger partial charge in [0.15, 0.2) is 0 Å². The Bertz CT molecular complexity index is 642. The van der Waals surface area contributed by atoms with E-state index in [4.69, 9.17) is 0 Å². The zero-order valence-corrected chi connectivity index (χ0v) is 16.4. The summed E-state index contributed by atoms with van der Waals surface area (Å²) >= 11 is 0. The molecule has 8 heteroatoms. The van der Waals surface area contributed by atoms with Crippen LogP contribution in [-0.2, 0) is 9.59 Å². The maximum Gasteiger partial charge on any atom is 0.274 e. The van der Waals surface area contributed by atoms with Gasteiger partial charge >= 0.3 is 0 Å². The number of rotatable bonds is 7. The SMILES string of the molecule is CC(=O)N1CCN(C(=O)CCN(CCC(C)C)C(=O)c2cnccn2)CC1. The Labute approximate surface area is 160 Å². The van der Waals surface area contributed by atoms with Crippen molar-refractivity contribution >= 4 is 17.7 Å². The molecular weight excluding hydrogens is 346 g/mol. The molecular formula is C19H29N5O3. The molecule has 0 unspecified atom stereocenters. The largest absolute Gasteiger partial charge is 0.339 e. The Hall–Kier alpha value is -2.51. The average molecular weight is 375 g/mol. The molecule has 0 atom stereocenters. The number of hydrogen-bond acceptors (Lipinski definition) is 5. The van der Waals surface area contributed by atoms with Gasteiger partial charge in [0.25, 0.3) is 5.91 Å². The summed E-state index contributed by atoms with van der Waals surface area (Å²) in [5, 5.41) is 0. The number of carbonyl (C=O) groups excluding carboxylic acids is 3. The molecule has 2 heterocycles. The normalized spacial score (nSPS) is 14.4. The topological polar surface area (TPSA) is 86.7 Å². The van der Waals surface area contributed by atoms with Gasteiger partial charge in [-0.05, 0) is 12.3 Å². The van der Waals surface area contributed by atoms with Crippen molar-refractivity contribution in [3.05, 3.63) is 24.3 Å². The van der Waals surface area contributed by atoms with Crippen LogP contribution in [0.1, 0.15) is 44.1 Å². The van der Waals surface area contributed by atoms with Gasteiger partial charge in [0.1, 0.15) is 5.69 Å². The first kappa shape index (κ1) is 20.8. The number of amides is 3. The summed E-state index contributed by atoms with van der Waals surface area (Å²) in [6.45, 7) is 8.90. The van der Waals surface area contributed by atoms with E-state index < -0.39 is 0 Å². The summed E-state index contributed by atoms with van der Waals surface area (Å²) in [4.78, 5) is 49.9. The zero-order chi connectivity index (χ0) is 19.8. The van der Waals surface area contributed by atoms with E-state index in [0.717, 1.165) is 6.42 Å². The van der Waals surface area contributed by atoms with E-state index in [-0.39, 0.29) is 24.1 Å². The second-order valence-corrected chi connectivity index (χ2v) is 7.20. The van der Waals surface area contributed by atoms with Gasteiger partial charge in [-0.2, -0.15) is 0 Å².